The first-order chi connectivity index (χ1) is 15.5. The van der Waals surface area contributed by atoms with Crippen LogP contribution in [0.1, 0.15) is 22.8 Å². The SMILES string of the molecule is CCOC(=O)c1c(-c2ccc(C)cc2)csc1NC(=O)COc1ccc2ccccc2c1. The van der Waals surface area contributed by atoms with Gasteiger partial charge >= 0.3 is 5.97 Å². The van der Waals surface area contributed by atoms with Crippen LogP contribution in [-0.4, -0.2) is 25.1 Å². The molecule has 0 bridgehead atoms. The molecule has 0 unspecified atom stereocenters. The summed E-state index contributed by atoms with van der Waals surface area (Å²) in [6.45, 7) is 3.84. The normalized spacial score (nSPS) is 10.7. The highest BCUT2D eigenvalue weighted by Gasteiger charge is 2.23. The minimum atomic E-state index is -0.463. The molecule has 1 aromatic heterocycles. The fourth-order valence-corrected chi connectivity index (χ4v) is 4.34. The number of esters is 1. The predicted molar refractivity (Wildman–Crippen MR) is 129 cm³/mol. The fourth-order valence-electron chi connectivity index (χ4n) is 3.37. The molecule has 3 aromatic carbocycles. The summed E-state index contributed by atoms with van der Waals surface area (Å²) in [4.78, 5) is 25.3. The molecule has 0 radical (unpaired) electrons. The molecule has 0 fully saturated rings. The van der Waals surface area contributed by atoms with Crippen LogP contribution >= 0.6 is 11.3 Å². The highest BCUT2D eigenvalue weighted by molar-refractivity contribution is 7.15. The van der Waals surface area contributed by atoms with E-state index in [1.54, 1.807) is 6.92 Å². The summed E-state index contributed by atoms with van der Waals surface area (Å²) in [6, 6.07) is 21.5. The van der Waals surface area contributed by atoms with Gasteiger partial charge in [0.05, 0.1) is 6.61 Å². The number of amides is 1. The van der Waals surface area contributed by atoms with Crippen LogP contribution in [0.3, 0.4) is 0 Å². The van der Waals surface area contributed by atoms with E-state index in [-0.39, 0.29) is 19.1 Å². The summed E-state index contributed by atoms with van der Waals surface area (Å²) in [5, 5.41) is 7.26. The predicted octanol–water partition coefficient (Wildman–Crippen LogP) is 6.07. The smallest absolute Gasteiger partial charge is 0.341 e. The number of hydrogen-bond acceptors (Lipinski definition) is 5. The zero-order chi connectivity index (χ0) is 22.5. The number of rotatable bonds is 7. The lowest BCUT2D eigenvalue weighted by molar-refractivity contribution is -0.118. The Balaban J connectivity index is 1.51. The number of thiophene rings is 1. The van der Waals surface area contributed by atoms with Crippen molar-refractivity contribution in [2.24, 2.45) is 0 Å². The quantitative estimate of drug-likeness (QED) is 0.351. The lowest BCUT2D eigenvalue weighted by atomic mass is 10.0. The van der Waals surface area contributed by atoms with E-state index >= 15 is 0 Å². The van der Waals surface area contributed by atoms with Crippen LogP contribution < -0.4 is 10.1 Å². The average molecular weight is 446 g/mol. The van der Waals surface area contributed by atoms with E-state index in [0.717, 1.165) is 27.5 Å². The number of benzene rings is 3. The molecule has 1 heterocycles. The largest absolute Gasteiger partial charge is 0.484 e. The molecule has 162 valence electrons. The summed E-state index contributed by atoms with van der Waals surface area (Å²) in [7, 11) is 0. The number of carbonyl (C=O) groups is 2. The minimum absolute atomic E-state index is 0.168. The summed E-state index contributed by atoms with van der Waals surface area (Å²) < 4.78 is 10.9. The molecule has 5 nitrogen and oxygen atoms in total. The second-order valence-corrected chi connectivity index (χ2v) is 8.17. The monoisotopic (exact) mass is 445 g/mol. The van der Waals surface area contributed by atoms with Gasteiger partial charge in [-0.1, -0.05) is 60.2 Å². The van der Waals surface area contributed by atoms with Crippen LogP contribution in [0.5, 0.6) is 5.75 Å². The zero-order valence-electron chi connectivity index (χ0n) is 17.9. The first kappa shape index (κ1) is 21.6. The van der Waals surface area contributed by atoms with Crippen molar-refractivity contribution in [1.29, 1.82) is 0 Å². The number of hydrogen-bond donors (Lipinski definition) is 1. The Labute approximate surface area is 190 Å². The Morgan fingerprint density at radius 3 is 2.47 bits per heavy atom. The lowest BCUT2D eigenvalue weighted by Gasteiger charge is -2.10. The summed E-state index contributed by atoms with van der Waals surface area (Å²) in [5.74, 6) is -0.202. The van der Waals surface area contributed by atoms with E-state index in [1.165, 1.54) is 11.3 Å². The second kappa shape index (κ2) is 9.66. The van der Waals surface area contributed by atoms with E-state index < -0.39 is 5.97 Å². The van der Waals surface area contributed by atoms with E-state index in [1.807, 2.05) is 79.0 Å². The molecule has 0 spiro atoms. The summed E-state index contributed by atoms with van der Waals surface area (Å²) >= 11 is 1.29. The zero-order valence-corrected chi connectivity index (χ0v) is 18.7. The van der Waals surface area contributed by atoms with Gasteiger partial charge in [0.15, 0.2) is 6.61 Å². The minimum Gasteiger partial charge on any atom is -0.484 e. The van der Waals surface area contributed by atoms with Crippen molar-refractivity contribution in [2.75, 3.05) is 18.5 Å². The van der Waals surface area contributed by atoms with E-state index in [4.69, 9.17) is 9.47 Å². The standard InChI is InChI=1S/C26H23NO4S/c1-3-30-26(29)24-22(19-10-8-17(2)9-11-19)16-32-25(24)27-23(28)15-31-21-13-12-18-6-4-5-7-20(18)14-21/h4-14,16H,3,15H2,1-2H3,(H,27,28). The molecule has 1 amide bonds. The molecular formula is C26H23NO4S. The topological polar surface area (TPSA) is 64.6 Å². The molecule has 4 rings (SSSR count). The van der Waals surface area contributed by atoms with Crippen LogP contribution in [0.15, 0.2) is 72.1 Å². The van der Waals surface area contributed by atoms with Crippen molar-refractivity contribution < 1.29 is 19.1 Å². The second-order valence-electron chi connectivity index (χ2n) is 7.29. The molecular weight excluding hydrogens is 422 g/mol. The van der Waals surface area contributed by atoms with Gasteiger partial charge in [-0.2, -0.15) is 0 Å². The molecule has 4 aromatic rings. The molecule has 6 heteroatoms. The van der Waals surface area contributed by atoms with Crippen molar-refractivity contribution in [1.82, 2.24) is 0 Å². The molecule has 0 aliphatic rings. The van der Waals surface area contributed by atoms with E-state index in [9.17, 15) is 9.59 Å². The van der Waals surface area contributed by atoms with Crippen molar-refractivity contribution in [3.8, 4) is 16.9 Å². The first-order valence-electron chi connectivity index (χ1n) is 10.3. The summed E-state index contributed by atoms with van der Waals surface area (Å²) in [6.07, 6.45) is 0. The Morgan fingerprint density at radius 1 is 0.969 bits per heavy atom. The van der Waals surface area contributed by atoms with Crippen molar-refractivity contribution >= 4 is 39.0 Å². The Morgan fingerprint density at radius 2 is 1.72 bits per heavy atom. The van der Waals surface area contributed by atoms with Crippen LogP contribution in [0.25, 0.3) is 21.9 Å². The van der Waals surface area contributed by atoms with Crippen LogP contribution in [0.2, 0.25) is 0 Å². The fraction of sp³-hybridized carbons (Fsp3) is 0.154. The first-order valence-corrected chi connectivity index (χ1v) is 11.2. The van der Waals surface area contributed by atoms with Gasteiger partial charge in [0, 0.05) is 10.9 Å². The van der Waals surface area contributed by atoms with Gasteiger partial charge in [-0.15, -0.1) is 11.3 Å². The van der Waals surface area contributed by atoms with Crippen molar-refractivity contribution in [2.45, 2.75) is 13.8 Å². The lowest BCUT2D eigenvalue weighted by Crippen LogP contribution is -2.21. The van der Waals surface area contributed by atoms with Gasteiger partial charge < -0.3 is 14.8 Å². The van der Waals surface area contributed by atoms with Gasteiger partial charge in [-0.25, -0.2) is 4.79 Å². The Bertz CT molecular complexity index is 1260. The van der Waals surface area contributed by atoms with Gasteiger partial charge in [0.1, 0.15) is 16.3 Å². The number of aryl methyl sites for hydroxylation is 1. The average Bonchev–Trinajstić information content (AvgIpc) is 3.21. The molecule has 0 atom stereocenters. The number of anilines is 1. The third kappa shape index (κ3) is 4.81. The maximum absolute atomic E-state index is 12.7. The van der Waals surface area contributed by atoms with Crippen molar-refractivity contribution in [3.63, 3.8) is 0 Å². The molecule has 0 aliphatic carbocycles. The molecule has 0 saturated heterocycles. The number of ether oxygens (including phenoxy) is 2. The molecule has 1 N–H and O–H groups in total. The number of fused-ring (bicyclic) bond motifs is 1. The third-order valence-electron chi connectivity index (χ3n) is 4.98. The maximum atomic E-state index is 12.7. The number of nitrogens with one attached hydrogen (secondary N) is 1. The van der Waals surface area contributed by atoms with Gasteiger partial charge in [0.25, 0.3) is 5.91 Å². The maximum Gasteiger partial charge on any atom is 0.341 e. The van der Waals surface area contributed by atoms with Crippen LogP contribution in [-0.2, 0) is 9.53 Å². The molecule has 0 saturated carbocycles. The van der Waals surface area contributed by atoms with Crippen LogP contribution in [0, 0.1) is 6.92 Å². The Hall–Kier alpha value is -3.64. The highest BCUT2D eigenvalue weighted by Crippen LogP contribution is 2.36. The van der Waals surface area contributed by atoms with Gasteiger partial charge in [-0.3, -0.25) is 4.79 Å². The van der Waals surface area contributed by atoms with Gasteiger partial charge in [-0.05, 0) is 42.3 Å². The number of carbonyl (C=O) groups excluding carboxylic acids is 2. The van der Waals surface area contributed by atoms with Crippen LogP contribution in [0.4, 0.5) is 5.00 Å². The molecule has 0 aliphatic heterocycles. The van der Waals surface area contributed by atoms with E-state index in [0.29, 0.717) is 16.3 Å². The highest BCUT2D eigenvalue weighted by atomic mass is 32.1. The Kier molecular flexibility index (Phi) is 6.52. The third-order valence-corrected chi connectivity index (χ3v) is 5.87. The van der Waals surface area contributed by atoms with Crippen molar-refractivity contribution in [3.05, 3.63) is 83.2 Å². The molecule has 32 heavy (non-hydrogen) atoms. The van der Waals surface area contributed by atoms with Gasteiger partial charge in [0.2, 0.25) is 0 Å². The van der Waals surface area contributed by atoms with E-state index in [2.05, 4.69) is 5.32 Å². The summed E-state index contributed by atoms with van der Waals surface area (Å²) in [5.41, 5.74) is 3.11.